The van der Waals surface area contributed by atoms with E-state index >= 15 is 0 Å². The molecule has 0 bridgehead atoms. The van der Waals surface area contributed by atoms with Crippen LogP contribution in [0.25, 0.3) is 5.65 Å². The second-order valence-electron chi connectivity index (χ2n) is 6.20. The topological polar surface area (TPSA) is 64.3 Å². The number of nitrogens with zero attached hydrogens (tertiary/aromatic N) is 4. The molecule has 124 valence electrons. The Bertz CT molecular complexity index is 840. The first kappa shape index (κ1) is 14.9. The van der Waals surface area contributed by atoms with Crippen molar-refractivity contribution in [3.05, 3.63) is 47.9 Å². The number of methoxy groups -OCH3 is 1. The van der Waals surface area contributed by atoms with Gasteiger partial charge in [-0.15, -0.1) is 10.2 Å². The third kappa shape index (κ3) is 3.04. The predicted molar refractivity (Wildman–Crippen MR) is 92.6 cm³/mol. The molecule has 0 amide bonds. The van der Waals surface area contributed by atoms with Gasteiger partial charge in [-0.3, -0.25) is 0 Å². The minimum absolute atomic E-state index is 0.603. The molecule has 4 rings (SSSR count). The van der Waals surface area contributed by atoms with Crippen LogP contribution in [0, 0.1) is 0 Å². The van der Waals surface area contributed by atoms with Gasteiger partial charge in [-0.2, -0.15) is 9.61 Å². The Balaban J connectivity index is 1.42. The summed E-state index contributed by atoms with van der Waals surface area (Å²) in [6.45, 7) is 0.870. The molecule has 1 aliphatic carbocycles. The van der Waals surface area contributed by atoms with Gasteiger partial charge in [-0.25, -0.2) is 0 Å². The highest BCUT2D eigenvalue weighted by Gasteiger charge is 2.26. The molecule has 24 heavy (non-hydrogen) atoms. The van der Waals surface area contributed by atoms with Gasteiger partial charge in [0.1, 0.15) is 12.1 Å². The minimum atomic E-state index is 0.603. The van der Waals surface area contributed by atoms with Gasteiger partial charge in [0.15, 0.2) is 0 Å². The first-order chi connectivity index (χ1) is 11.8. The van der Waals surface area contributed by atoms with Crippen LogP contribution in [-0.2, 0) is 6.42 Å². The first-order valence-corrected chi connectivity index (χ1v) is 8.42. The summed E-state index contributed by atoms with van der Waals surface area (Å²) in [4.78, 5) is 0. The molecule has 0 atom stereocenters. The zero-order valence-electron chi connectivity index (χ0n) is 13.8. The van der Waals surface area contributed by atoms with Crippen molar-refractivity contribution in [2.45, 2.75) is 31.6 Å². The molecule has 0 saturated heterocycles. The van der Waals surface area contributed by atoms with Crippen LogP contribution in [-0.4, -0.2) is 33.5 Å². The van der Waals surface area contributed by atoms with Gasteiger partial charge in [0.2, 0.25) is 5.65 Å². The van der Waals surface area contributed by atoms with Gasteiger partial charge in [0, 0.05) is 12.5 Å². The van der Waals surface area contributed by atoms with E-state index in [4.69, 9.17) is 4.74 Å². The van der Waals surface area contributed by atoms with E-state index in [2.05, 4.69) is 38.8 Å². The quantitative estimate of drug-likeness (QED) is 0.677. The fourth-order valence-electron chi connectivity index (χ4n) is 2.97. The van der Waals surface area contributed by atoms with E-state index < -0.39 is 0 Å². The van der Waals surface area contributed by atoms with Crippen LogP contribution < -0.4 is 10.1 Å². The van der Waals surface area contributed by atoms with Crippen LogP contribution in [0.1, 0.15) is 36.4 Å². The average molecular weight is 323 g/mol. The Hall–Kier alpha value is -2.63. The number of rotatable bonds is 7. The van der Waals surface area contributed by atoms with Crippen LogP contribution in [0.2, 0.25) is 0 Å². The predicted octanol–water partition coefficient (Wildman–Crippen LogP) is 3.06. The maximum absolute atomic E-state index is 5.41. The maximum atomic E-state index is 5.41. The summed E-state index contributed by atoms with van der Waals surface area (Å²) in [5, 5.41) is 16.2. The minimum Gasteiger partial charge on any atom is -0.496 e. The van der Waals surface area contributed by atoms with Crippen molar-refractivity contribution in [3.63, 3.8) is 0 Å². The smallest absolute Gasteiger partial charge is 0.200 e. The molecule has 1 aliphatic rings. The molecule has 6 heteroatoms. The van der Waals surface area contributed by atoms with E-state index in [1.807, 2.05) is 12.1 Å². The number of fused-ring (bicyclic) bond motifs is 1. The summed E-state index contributed by atoms with van der Waals surface area (Å²) in [5.41, 5.74) is 4.18. The van der Waals surface area contributed by atoms with Gasteiger partial charge >= 0.3 is 0 Å². The van der Waals surface area contributed by atoms with E-state index in [-0.39, 0.29) is 0 Å². The second-order valence-corrected chi connectivity index (χ2v) is 6.20. The average Bonchev–Trinajstić information content (AvgIpc) is 3.36. The molecule has 2 aromatic heterocycles. The number of ether oxygens (including phenoxy) is 1. The third-order valence-corrected chi connectivity index (χ3v) is 4.41. The highest BCUT2D eigenvalue weighted by Crippen LogP contribution is 2.39. The molecule has 2 heterocycles. The van der Waals surface area contributed by atoms with Gasteiger partial charge in [0.05, 0.1) is 18.5 Å². The lowest BCUT2D eigenvalue weighted by Gasteiger charge is -2.10. The fourth-order valence-corrected chi connectivity index (χ4v) is 2.97. The van der Waals surface area contributed by atoms with E-state index in [1.54, 1.807) is 18.0 Å². The number of hydrogen-bond acceptors (Lipinski definition) is 5. The van der Waals surface area contributed by atoms with E-state index in [1.165, 1.54) is 18.4 Å². The van der Waals surface area contributed by atoms with Gasteiger partial charge in [-0.05, 0) is 43.4 Å². The highest BCUT2D eigenvalue weighted by atomic mass is 16.5. The number of aryl methyl sites for hydroxylation is 1. The Morgan fingerprint density at radius 3 is 3.00 bits per heavy atom. The van der Waals surface area contributed by atoms with Crippen LogP contribution in [0.3, 0.4) is 0 Å². The third-order valence-electron chi connectivity index (χ3n) is 4.41. The highest BCUT2D eigenvalue weighted by molar-refractivity contribution is 5.66. The van der Waals surface area contributed by atoms with E-state index in [0.29, 0.717) is 5.92 Å². The van der Waals surface area contributed by atoms with Crippen molar-refractivity contribution < 1.29 is 4.74 Å². The molecule has 1 saturated carbocycles. The summed E-state index contributed by atoms with van der Waals surface area (Å²) in [7, 11) is 1.72. The molecule has 3 aromatic rings. The molecule has 0 aliphatic heterocycles. The van der Waals surface area contributed by atoms with Gasteiger partial charge in [0.25, 0.3) is 0 Å². The Kier molecular flexibility index (Phi) is 4.02. The fraction of sp³-hybridized carbons (Fsp3) is 0.389. The lowest BCUT2D eigenvalue weighted by atomic mass is 10.1. The molecule has 1 fully saturated rings. The number of hydrogen-bond donors (Lipinski definition) is 1. The molecule has 0 unspecified atom stereocenters. The van der Waals surface area contributed by atoms with Crippen molar-refractivity contribution in [2.75, 3.05) is 19.0 Å². The zero-order chi connectivity index (χ0) is 16.4. The molecular weight excluding hydrogens is 302 g/mol. The van der Waals surface area contributed by atoms with Crippen molar-refractivity contribution >= 4 is 11.3 Å². The second kappa shape index (κ2) is 6.47. The number of aromatic nitrogens is 4. The van der Waals surface area contributed by atoms with Gasteiger partial charge < -0.3 is 10.1 Å². The standard InChI is InChI=1S/C18H21N5O/c1-24-17-7-3-2-5-14(17)6-4-10-19-16-11-15(13-8-9-13)22-23-12-20-21-18(16)23/h2-3,5,7,11-13,19H,4,6,8-10H2,1H3. The molecule has 1 N–H and O–H groups in total. The lowest BCUT2D eigenvalue weighted by Crippen LogP contribution is -2.07. The van der Waals surface area contributed by atoms with Crippen LogP contribution in [0.4, 0.5) is 5.69 Å². The number of nitrogens with one attached hydrogen (secondary N) is 1. The molecule has 6 nitrogen and oxygen atoms in total. The normalized spacial score (nSPS) is 14.0. The molecular formula is C18H21N5O. The van der Waals surface area contributed by atoms with E-state index in [0.717, 1.165) is 42.2 Å². The van der Waals surface area contributed by atoms with E-state index in [9.17, 15) is 0 Å². The maximum Gasteiger partial charge on any atom is 0.200 e. The number of anilines is 1. The monoisotopic (exact) mass is 323 g/mol. The Labute approximate surface area is 140 Å². The first-order valence-electron chi connectivity index (χ1n) is 8.42. The summed E-state index contributed by atoms with van der Waals surface area (Å²) < 4.78 is 7.18. The molecule has 0 radical (unpaired) electrons. The van der Waals surface area contributed by atoms with Crippen LogP contribution >= 0.6 is 0 Å². The SMILES string of the molecule is COc1ccccc1CCCNc1cc(C2CC2)nn2cnnc12. The Morgan fingerprint density at radius 1 is 1.29 bits per heavy atom. The summed E-state index contributed by atoms with van der Waals surface area (Å²) in [5.74, 6) is 1.56. The molecule has 0 spiro atoms. The summed E-state index contributed by atoms with van der Waals surface area (Å²) >= 11 is 0. The van der Waals surface area contributed by atoms with Crippen molar-refractivity contribution in [2.24, 2.45) is 0 Å². The number of benzene rings is 1. The summed E-state index contributed by atoms with van der Waals surface area (Å²) in [6.07, 6.45) is 6.12. The number of para-hydroxylation sites is 1. The van der Waals surface area contributed by atoms with Crippen LogP contribution in [0.5, 0.6) is 5.75 Å². The van der Waals surface area contributed by atoms with Crippen molar-refractivity contribution in [1.29, 1.82) is 0 Å². The largest absolute Gasteiger partial charge is 0.496 e. The Morgan fingerprint density at radius 2 is 2.17 bits per heavy atom. The van der Waals surface area contributed by atoms with Crippen molar-refractivity contribution in [3.8, 4) is 5.75 Å². The summed E-state index contributed by atoms with van der Waals surface area (Å²) in [6, 6.07) is 10.3. The van der Waals surface area contributed by atoms with Crippen molar-refractivity contribution in [1.82, 2.24) is 19.8 Å². The lowest BCUT2D eigenvalue weighted by molar-refractivity contribution is 0.409. The molecule has 1 aromatic carbocycles. The van der Waals surface area contributed by atoms with Crippen LogP contribution in [0.15, 0.2) is 36.7 Å². The van der Waals surface area contributed by atoms with Gasteiger partial charge in [-0.1, -0.05) is 18.2 Å². The zero-order valence-corrected chi connectivity index (χ0v) is 13.8.